The highest BCUT2D eigenvalue weighted by Crippen LogP contribution is 2.33. The van der Waals surface area contributed by atoms with Crippen LogP contribution in [0.4, 0.5) is 18.9 Å². The Kier molecular flexibility index (Phi) is 10.9. The Bertz CT molecular complexity index is 1520. The van der Waals surface area contributed by atoms with Gasteiger partial charge >= 0.3 is 6.18 Å². The SMILES string of the molecule is CCC(C(=O)NC(C)C)N(Cc1ccc(Cl)c(Cl)c1)C(=O)CN(c1cccc(C(F)(F)F)c1)S(=O)(=O)c1ccccc1. The molecule has 0 spiro atoms. The fourth-order valence-corrected chi connectivity index (χ4v) is 5.97. The molecule has 2 amide bonds. The van der Waals surface area contributed by atoms with Crippen molar-refractivity contribution >= 4 is 50.7 Å². The van der Waals surface area contributed by atoms with Crippen LogP contribution in [0.3, 0.4) is 0 Å². The maximum absolute atomic E-state index is 14.0. The first-order valence-electron chi connectivity index (χ1n) is 12.9. The summed E-state index contributed by atoms with van der Waals surface area (Å²) in [6.07, 6.45) is -4.59. The molecule has 226 valence electrons. The lowest BCUT2D eigenvalue weighted by Gasteiger charge is -2.33. The van der Waals surface area contributed by atoms with Crippen molar-refractivity contribution in [3.63, 3.8) is 0 Å². The smallest absolute Gasteiger partial charge is 0.352 e. The molecule has 0 fully saturated rings. The summed E-state index contributed by atoms with van der Waals surface area (Å²) in [4.78, 5) is 28.1. The zero-order valence-electron chi connectivity index (χ0n) is 23.0. The molecule has 0 aliphatic rings. The molecule has 0 saturated carbocycles. The number of hydrogen-bond acceptors (Lipinski definition) is 4. The van der Waals surface area contributed by atoms with E-state index in [2.05, 4.69) is 5.32 Å². The molecule has 3 aromatic rings. The Hall–Kier alpha value is -3.28. The van der Waals surface area contributed by atoms with Gasteiger partial charge in [0.2, 0.25) is 11.8 Å². The van der Waals surface area contributed by atoms with Gasteiger partial charge < -0.3 is 10.2 Å². The fraction of sp³-hybridized carbons (Fsp3) is 0.310. The van der Waals surface area contributed by atoms with Gasteiger partial charge in [0.05, 0.1) is 26.2 Å². The molecule has 1 atom stereocenters. The van der Waals surface area contributed by atoms with Gasteiger partial charge in [-0.2, -0.15) is 13.2 Å². The van der Waals surface area contributed by atoms with E-state index in [0.29, 0.717) is 15.9 Å². The molecule has 0 radical (unpaired) electrons. The Morgan fingerprint density at radius 3 is 2.17 bits per heavy atom. The fourth-order valence-electron chi connectivity index (χ4n) is 4.22. The summed E-state index contributed by atoms with van der Waals surface area (Å²) in [6.45, 7) is 4.15. The first kappa shape index (κ1) is 33.2. The number of benzene rings is 3. The molecule has 0 bridgehead atoms. The van der Waals surface area contributed by atoms with Crippen molar-refractivity contribution in [1.82, 2.24) is 10.2 Å². The van der Waals surface area contributed by atoms with E-state index >= 15 is 0 Å². The van der Waals surface area contributed by atoms with Gasteiger partial charge in [-0.15, -0.1) is 0 Å². The van der Waals surface area contributed by atoms with E-state index in [4.69, 9.17) is 23.2 Å². The van der Waals surface area contributed by atoms with Crippen LogP contribution in [-0.2, 0) is 32.3 Å². The van der Waals surface area contributed by atoms with Gasteiger partial charge in [-0.25, -0.2) is 8.42 Å². The number of carbonyl (C=O) groups is 2. The van der Waals surface area contributed by atoms with Crippen molar-refractivity contribution in [3.8, 4) is 0 Å². The van der Waals surface area contributed by atoms with Crippen LogP contribution < -0.4 is 9.62 Å². The summed E-state index contributed by atoms with van der Waals surface area (Å²) >= 11 is 12.2. The second-order valence-electron chi connectivity index (χ2n) is 9.73. The molecule has 3 rings (SSSR count). The molecule has 42 heavy (non-hydrogen) atoms. The average molecular weight is 645 g/mol. The van der Waals surface area contributed by atoms with Gasteiger partial charge in [0, 0.05) is 12.6 Å². The number of sulfonamides is 1. The van der Waals surface area contributed by atoms with E-state index in [-0.39, 0.29) is 39.6 Å². The Morgan fingerprint density at radius 1 is 0.929 bits per heavy atom. The van der Waals surface area contributed by atoms with Crippen LogP contribution in [0.25, 0.3) is 0 Å². The zero-order valence-corrected chi connectivity index (χ0v) is 25.4. The minimum absolute atomic E-state index is 0.151. The minimum atomic E-state index is -4.76. The van der Waals surface area contributed by atoms with Gasteiger partial charge in [0.25, 0.3) is 10.0 Å². The van der Waals surface area contributed by atoms with Crippen molar-refractivity contribution in [2.45, 2.75) is 56.9 Å². The summed E-state index contributed by atoms with van der Waals surface area (Å²) in [6, 6.07) is 14.1. The lowest BCUT2D eigenvalue weighted by atomic mass is 10.1. The molecule has 0 heterocycles. The van der Waals surface area contributed by atoms with Crippen LogP contribution >= 0.6 is 23.2 Å². The molecular formula is C29H30Cl2F3N3O4S. The highest BCUT2D eigenvalue weighted by atomic mass is 35.5. The third-order valence-corrected chi connectivity index (χ3v) is 8.75. The number of nitrogens with zero attached hydrogens (tertiary/aromatic N) is 2. The number of halogens is 5. The molecule has 0 saturated heterocycles. The molecule has 1 unspecified atom stereocenters. The van der Waals surface area contributed by atoms with Gasteiger partial charge in [-0.05, 0) is 68.3 Å². The summed E-state index contributed by atoms with van der Waals surface area (Å²) in [7, 11) is -4.52. The standard InChI is InChI=1S/C29H30Cl2F3N3O4S/c1-4-26(28(39)35-19(2)3)36(17-20-13-14-24(30)25(31)15-20)27(38)18-37(42(40,41)23-11-6-5-7-12-23)22-10-8-9-21(16-22)29(32,33)34/h5-16,19,26H,4,17-18H2,1-3H3,(H,35,39). The normalized spacial score (nSPS) is 12.6. The third kappa shape index (κ3) is 8.17. The van der Waals surface area contributed by atoms with Crippen molar-refractivity contribution in [2.24, 2.45) is 0 Å². The summed E-state index contributed by atoms with van der Waals surface area (Å²) in [5, 5.41) is 3.24. The van der Waals surface area contributed by atoms with Crippen molar-refractivity contribution in [1.29, 1.82) is 0 Å². The molecular weight excluding hydrogens is 614 g/mol. The molecule has 0 aliphatic heterocycles. The maximum atomic E-state index is 14.0. The van der Waals surface area contributed by atoms with Crippen LogP contribution in [0, 0.1) is 0 Å². The molecule has 0 aromatic heterocycles. The molecule has 1 N–H and O–H groups in total. The number of carbonyl (C=O) groups excluding carboxylic acids is 2. The average Bonchev–Trinajstić information content (AvgIpc) is 2.93. The summed E-state index contributed by atoms with van der Waals surface area (Å²) in [5.74, 6) is -1.29. The lowest BCUT2D eigenvalue weighted by Crippen LogP contribution is -2.53. The van der Waals surface area contributed by atoms with Gasteiger partial charge in [-0.3, -0.25) is 13.9 Å². The van der Waals surface area contributed by atoms with Crippen LogP contribution in [-0.4, -0.2) is 43.8 Å². The highest BCUT2D eigenvalue weighted by Gasteiger charge is 2.36. The van der Waals surface area contributed by atoms with E-state index in [1.54, 1.807) is 32.9 Å². The van der Waals surface area contributed by atoms with E-state index in [9.17, 15) is 31.2 Å². The Balaban J connectivity index is 2.12. The quantitative estimate of drug-likeness (QED) is 0.257. The second-order valence-corrected chi connectivity index (χ2v) is 12.4. The van der Waals surface area contributed by atoms with Gasteiger partial charge in [-0.1, -0.05) is 60.5 Å². The summed E-state index contributed by atoms with van der Waals surface area (Å²) < 4.78 is 68.9. The Labute approximate surface area is 253 Å². The van der Waals surface area contributed by atoms with Crippen molar-refractivity contribution in [3.05, 3.63) is 94.0 Å². The molecule has 7 nitrogen and oxygen atoms in total. The molecule has 0 aliphatic carbocycles. The van der Waals surface area contributed by atoms with Crippen LogP contribution in [0.5, 0.6) is 0 Å². The second kappa shape index (κ2) is 13.8. The maximum Gasteiger partial charge on any atom is 0.416 e. The number of anilines is 1. The lowest BCUT2D eigenvalue weighted by molar-refractivity contribution is -0.140. The van der Waals surface area contributed by atoms with Gasteiger partial charge in [0.15, 0.2) is 0 Å². The number of amides is 2. The minimum Gasteiger partial charge on any atom is -0.352 e. The third-order valence-electron chi connectivity index (χ3n) is 6.23. The van der Waals surface area contributed by atoms with Crippen molar-refractivity contribution < 1.29 is 31.2 Å². The van der Waals surface area contributed by atoms with E-state index in [1.165, 1.54) is 47.4 Å². The van der Waals surface area contributed by atoms with Crippen LogP contribution in [0.1, 0.15) is 38.3 Å². The van der Waals surface area contributed by atoms with E-state index in [0.717, 1.165) is 12.1 Å². The van der Waals surface area contributed by atoms with E-state index < -0.39 is 46.2 Å². The highest BCUT2D eigenvalue weighted by molar-refractivity contribution is 7.92. The largest absolute Gasteiger partial charge is 0.416 e. The number of alkyl halides is 3. The Morgan fingerprint density at radius 2 is 1.60 bits per heavy atom. The van der Waals surface area contributed by atoms with Crippen molar-refractivity contribution in [2.75, 3.05) is 10.8 Å². The topological polar surface area (TPSA) is 86.8 Å². The summed E-state index contributed by atoms with van der Waals surface area (Å²) in [5.41, 5.74) is -0.947. The first-order chi connectivity index (χ1) is 19.6. The van der Waals surface area contributed by atoms with Crippen LogP contribution in [0.15, 0.2) is 77.7 Å². The number of nitrogens with one attached hydrogen (secondary N) is 1. The van der Waals surface area contributed by atoms with Gasteiger partial charge in [0.1, 0.15) is 12.6 Å². The zero-order chi connectivity index (χ0) is 31.2. The monoisotopic (exact) mass is 643 g/mol. The number of hydrogen-bond donors (Lipinski definition) is 1. The molecule has 13 heteroatoms. The van der Waals surface area contributed by atoms with Crippen LogP contribution in [0.2, 0.25) is 10.0 Å². The number of rotatable bonds is 11. The molecule has 3 aromatic carbocycles. The predicted molar refractivity (Wildman–Crippen MR) is 157 cm³/mol. The first-order valence-corrected chi connectivity index (χ1v) is 15.1. The van der Waals surface area contributed by atoms with E-state index in [1.807, 2.05) is 0 Å². The predicted octanol–water partition coefficient (Wildman–Crippen LogP) is 6.54.